The molecule has 2 heteroatoms. The summed E-state index contributed by atoms with van der Waals surface area (Å²) in [5.41, 5.74) is 2.19. The number of halogens is 2. The van der Waals surface area contributed by atoms with E-state index >= 15 is 0 Å². The lowest BCUT2D eigenvalue weighted by atomic mass is 10.1. The van der Waals surface area contributed by atoms with Gasteiger partial charge in [0.25, 0.3) is 0 Å². The van der Waals surface area contributed by atoms with Crippen molar-refractivity contribution in [2.75, 3.05) is 0 Å². The predicted molar refractivity (Wildman–Crippen MR) is 60.9 cm³/mol. The highest BCUT2D eigenvalue weighted by Gasteiger charge is 2.04. The van der Waals surface area contributed by atoms with Gasteiger partial charge in [0.15, 0.2) is 0 Å². The fraction of sp³-hybridized carbons (Fsp3) is 0.400. The minimum absolute atomic E-state index is 0.0763. The predicted octanol–water partition coefficient (Wildman–Crippen LogP) is 4.41. The monoisotopic (exact) mass is 248 g/mol. The van der Waals surface area contributed by atoms with E-state index in [1.807, 2.05) is 18.0 Å². The highest BCUT2D eigenvalue weighted by molar-refractivity contribution is 9.11. The maximum Gasteiger partial charge on any atom is 0.0543 e. The van der Waals surface area contributed by atoms with E-state index in [0.717, 1.165) is 18.4 Å². The van der Waals surface area contributed by atoms with Crippen LogP contribution in [0.1, 0.15) is 19.8 Å². The van der Waals surface area contributed by atoms with Crippen LogP contribution in [0.5, 0.6) is 0 Å². The van der Waals surface area contributed by atoms with Gasteiger partial charge in [-0.3, -0.25) is 0 Å². The minimum Gasteiger partial charge on any atom is -0.118 e. The SMILES string of the molecule is C=C/C(=C\Br)CC[C@@H](Cl)C(=C)C. The smallest absolute Gasteiger partial charge is 0.0543 e. The van der Waals surface area contributed by atoms with Crippen molar-refractivity contribution >= 4 is 27.5 Å². The fourth-order valence-electron chi connectivity index (χ4n) is 0.741. The zero-order valence-corrected chi connectivity index (χ0v) is 9.66. The molecule has 0 N–H and O–H groups in total. The summed E-state index contributed by atoms with van der Waals surface area (Å²) in [6, 6.07) is 0. The lowest BCUT2D eigenvalue weighted by Gasteiger charge is -2.08. The van der Waals surface area contributed by atoms with E-state index in [1.165, 1.54) is 5.57 Å². The van der Waals surface area contributed by atoms with Gasteiger partial charge in [-0.05, 0) is 30.3 Å². The number of alkyl halides is 1. The highest BCUT2D eigenvalue weighted by Crippen LogP contribution is 2.18. The van der Waals surface area contributed by atoms with E-state index in [4.69, 9.17) is 11.6 Å². The second-order valence-corrected chi connectivity index (χ2v) is 3.73. The van der Waals surface area contributed by atoms with Crippen LogP contribution in [-0.4, -0.2) is 5.38 Å². The topological polar surface area (TPSA) is 0 Å². The zero-order valence-electron chi connectivity index (χ0n) is 7.32. The molecule has 0 saturated heterocycles. The molecule has 0 aromatic rings. The molecule has 0 fully saturated rings. The summed E-state index contributed by atoms with van der Waals surface area (Å²) in [4.78, 5) is 1.88. The fourth-order valence-corrected chi connectivity index (χ4v) is 1.27. The largest absolute Gasteiger partial charge is 0.118 e. The first kappa shape index (κ1) is 12.0. The molecule has 68 valence electrons. The van der Waals surface area contributed by atoms with E-state index < -0.39 is 0 Å². The first-order valence-corrected chi connectivity index (χ1v) is 5.18. The maximum atomic E-state index is 6.00. The van der Waals surface area contributed by atoms with Crippen LogP contribution in [0.2, 0.25) is 0 Å². The van der Waals surface area contributed by atoms with Crippen molar-refractivity contribution in [2.45, 2.75) is 25.1 Å². The molecule has 0 aliphatic heterocycles. The molecule has 0 radical (unpaired) electrons. The molecule has 0 amide bonds. The van der Waals surface area contributed by atoms with Crippen molar-refractivity contribution in [1.29, 1.82) is 0 Å². The molecule has 0 spiro atoms. The van der Waals surface area contributed by atoms with Crippen LogP contribution >= 0.6 is 27.5 Å². The lowest BCUT2D eigenvalue weighted by molar-refractivity contribution is 0.826. The van der Waals surface area contributed by atoms with E-state index in [-0.39, 0.29) is 5.38 Å². The van der Waals surface area contributed by atoms with Crippen LogP contribution in [0, 0.1) is 0 Å². The normalized spacial score (nSPS) is 14.1. The average molecular weight is 250 g/mol. The molecule has 0 bridgehead atoms. The molecular weight excluding hydrogens is 235 g/mol. The Labute approximate surface area is 88.1 Å². The van der Waals surface area contributed by atoms with E-state index in [1.54, 1.807) is 0 Å². The van der Waals surface area contributed by atoms with E-state index in [2.05, 4.69) is 29.1 Å². The Balaban J connectivity index is 3.82. The van der Waals surface area contributed by atoms with Crippen molar-refractivity contribution < 1.29 is 0 Å². The quantitative estimate of drug-likeness (QED) is 0.384. The van der Waals surface area contributed by atoms with Gasteiger partial charge in [0, 0.05) is 0 Å². The van der Waals surface area contributed by atoms with Crippen molar-refractivity contribution in [3.63, 3.8) is 0 Å². The van der Waals surface area contributed by atoms with Gasteiger partial charge in [-0.2, -0.15) is 0 Å². The highest BCUT2D eigenvalue weighted by atomic mass is 79.9. The van der Waals surface area contributed by atoms with Crippen molar-refractivity contribution in [3.8, 4) is 0 Å². The van der Waals surface area contributed by atoms with E-state index in [0.29, 0.717) is 0 Å². The first-order valence-electron chi connectivity index (χ1n) is 3.83. The standard InChI is InChI=1S/C10H14BrCl/c1-4-9(7-11)5-6-10(12)8(2)3/h4,7,10H,1-2,5-6H2,3H3/b9-7+/t10-/m1/s1. The number of rotatable bonds is 5. The van der Waals surface area contributed by atoms with Gasteiger partial charge in [-0.25, -0.2) is 0 Å². The van der Waals surface area contributed by atoms with Gasteiger partial charge in [-0.15, -0.1) is 11.6 Å². The summed E-state index contributed by atoms with van der Waals surface area (Å²) in [5.74, 6) is 0. The number of hydrogen-bond donors (Lipinski definition) is 0. The summed E-state index contributed by atoms with van der Waals surface area (Å²) < 4.78 is 0. The Morgan fingerprint density at radius 1 is 1.67 bits per heavy atom. The molecule has 0 rings (SSSR count). The molecule has 0 aromatic carbocycles. The third-order valence-electron chi connectivity index (χ3n) is 1.62. The summed E-state index contributed by atoms with van der Waals surface area (Å²) >= 11 is 9.26. The van der Waals surface area contributed by atoms with E-state index in [9.17, 15) is 0 Å². The first-order chi connectivity index (χ1) is 5.61. The van der Waals surface area contributed by atoms with Gasteiger partial charge < -0.3 is 0 Å². The Morgan fingerprint density at radius 3 is 2.58 bits per heavy atom. The van der Waals surface area contributed by atoms with Gasteiger partial charge in [0.05, 0.1) is 5.38 Å². The zero-order chi connectivity index (χ0) is 9.56. The van der Waals surface area contributed by atoms with Crippen LogP contribution in [0.4, 0.5) is 0 Å². The molecule has 0 aromatic heterocycles. The van der Waals surface area contributed by atoms with Crippen LogP contribution in [0.15, 0.2) is 35.4 Å². The molecule has 12 heavy (non-hydrogen) atoms. The number of hydrogen-bond acceptors (Lipinski definition) is 0. The van der Waals surface area contributed by atoms with Gasteiger partial charge in [0.2, 0.25) is 0 Å². The van der Waals surface area contributed by atoms with Crippen LogP contribution in [0.3, 0.4) is 0 Å². The van der Waals surface area contributed by atoms with Gasteiger partial charge in [-0.1, -0.05) is 40.7 Å². The number of allylic oxidation sites excluding steroid dienone is 3. The molecule has 0 saturated carbocycles. The lowest BCUT2D eigenvalue weighted by Crippen LogP contribution is -1.98. The molecule has 0 unspecified atom stereocenters. The van der Waals surface area contributed by atoms with Gasteiger partial charge in [0.1, 0.15) is 0 Å². The molecular formula is C10H14BrCl. The molecule has 0 heterocycles. The summed E-state index contributed by atoms with van der Waals surface area (Å²) in [6.45, 7) is 9.43. The molecule has 0 aliphatic rings. The summed E-state index contributed by atoms with van der Waals surface area (Å²) in [5, 5.41) is 0.0763. The average Bonchev–Trinajstić information content (AvgIpc) is 2.05. The van der Waals surface area contributed by atoms with Crippen molar-refractivity contribution in [3.05, 3.63) is 35.4 Å². The van der Waals surface area contributed by atoms with Crippen LogP contribution < -0.4 is 0 Å². The van der Waals surface area contributed by atoms with Crippen LogP contribution in [0.25, 0.3) is 0 Å². The Kier molecular flexibility index (Phi) is 6.49. The second-order valence-electron chi connectivity index (χ2n) is 2.74. The van der Waals surface area contributed by atoms with Crippen molar-refractivity contribution in [1.82, 2.24) is 0 Å². The Bertz CT molecular complexity index is 194. The summed E-state index contributed by atoms with van der Waals surface area (Å²) in [6.07, 6.45) is 3.69. The van der Waals surface area contributed by atoms with Gasteiger partial charge >= 0.3 is 0 Å². The Hall–Kier alpha value is -0.0100. The summed E-state index contributed by atoms with van der Waals surface area (Å²) in [7, 11) is 0. The molecule has 0 aliphatic carbocycles. The van der Waals surface area contributed by atoms with Crippen LogP contribution in [-0.2, 0) is 0 Å². The minimum atomic E-state index is 0.0763. The van der Waals surface area contributed by atoms with Crippen molar-refractivity contribution in [2.24, 2.45) is 0 Å². The third-order valence-corrected chi connectivity index (χ3v) is 2.80. The molecule has 1 atom stereocenters. The third kappa shape index (κ3) is 4.78. The molecule has 0 nitrogen and oxygen atoms in total. The Morgan fingerprint density at radius 2 is 2.25 bits per heavy atom. The maximum absolute atomic E-state index is 6.00. The second kappa shape index (κ2) is 6.50.